The highest BCUT2D eigenvalue weighted by Crippen LogP contribution is 2.43. The van der Waals surface area contributed by atoms with Crippen molar-refractivity contribution < 1.29 is 9.15 Å². The van der Waals surface area contributed by atoms with E-state index in [1.165, 1.54) is 0 Å². The number of furan rings is 1. The summed E-state index contributed by atoms with van der Waals surface area (Å²) >= 11 is 0. The van der Waals surface area contributed by atoms with Crippen LogP contribution in [0.1, 0.15) is 23.0 Å². The molecule has 3 aromatic rings. The summed E-state index contributed by atoms with van der Waals surface area (Å²) in [4.78, 5) is 13.0. The fraction of sp³-hybridized carbons (Fsp3) is 0.211. The van der Waals surface area contributed by atoms with Gasteiger partial charge in [-0.3, -0.25) is 10.2 Å². The van der Waals surface area contributed by atoms with Gasteiger partial charge in [0.05, 0.1) is 23.1 Å². The first-order valence-electron chi connectivity index (χ1n) is 7.86. The summed E-state index contributed by atoms with van der Waals surface area (Å²) in [5.41, 5.74) is 0.822. The van der Waals surface area contributed by atoms with Crippen molar-refractivity contribution in [3.05, 3.63) is 63.8 Å². The Kier molecular flexibility index (Phi) is 3.25. The van der Waals surface area contributed by atoms with Crippen LogP contribution >= 0.6 is 0 Å². The number of nitrogens with zero attached hydrogens (tertiary/aromatic N) is 2. The Morgan fingerprint density at radius 3 is 2.68 bits per heavy atom. The fourth-order valence-corrected chi connectivity index (χ4v) is 3.43. The lowest BCUT2D eigenvalue weighted by molar-refractivity contribution is 0.397. The van der Waals surface area contributed by atoms with E-state index in [1.54, 1.807) is 30.7 Å². The van der Waals surface area contributed by atoms with E-state index in [4.69, 9.17) is 14.6 Å². The number of nitriles is 1. The molecule has 0 bridgehead atoms. The van der Waals surface area contributed by atoms with Crippen LogP contribution in [0, 0.1) is 29.6 Å². The minimum atomic E-state index is -0.910. The highest BCUT2D eigenvalue weighted by Gasteiger charge is 2.42. The minimum Gasteiger partial charge on any atom is -0.466 e. The van der Waals surface area contributed by atoms with E-state index >= 15 is 0 Å². The standard InChI is InChI=1S/C19H15N3O3/c1-10-7-8-14(24-10)15-12(9-20)18(21)25-17-11-5-3-4-6-13(11)22(2)19(23)16(15)17/h3-8,12,15,21H,1-2H3. The molecule has 0 saturated carbocycles. The number of nitrogens with one attached hydrogen (secondary N) is 1. The number of pyridine rings is 1. The van der Waals surface area contributed by atoms with Gasteiger partial charge in [-0.25, -0.2) is 0 Å². The normalized spacial score (nSPS) is 19.3. The van der Waals surface area contributed by atoms with Crippen molar-refractivity contribution in [1.82, 2.24) is 4.57 Å². The molecule has 1 aliphatic rings. The number of aryl methyl sites for hydroxylation is 2. The zero-order chi connectivity index (χ0) is 17.7. The molecule has 1 N–H and O–H groups in total. The Morgan fingerprint density at radius 1 is 1.24 bits per heavy atom. The molecule has 0 aliphatic carbocycles. The molecule has 124 valence electrons. The summed E-state index contributed by atoms with van der Waals surface area (Å²) in [6.07, 6.45) is 0. The van der Waals surface area contributed by atoms with E-state index in [1.807, 2.05) is 24.3 Å². The molecule has 1 aromatic carbocycles. The van der Waals surface area contributed by atoms with Crippen LogP contribution in [0.4, 0.5) is 0 Å². The predicted molar refractivity (Wildman–Crippen MR) is 91.9 cm³/mol. The van der Waals surface area contributed by atoms with E-state index < -0.39 is 11.8 Å². The Morgan fingerprint density at radius 2 is 2.00 bits per heavy atom. The van der Waals surface area contributed by atoms with Crippen LogP contribution in [0.15, 0.2) is 45.6 Å². The third kappa shape index (κ3) is 2.09. The molecule has 4 rings (SSSR count). The van der Waals surface area contributed by atoms with Crippen LogP contribution in [-0.4, -0.2) is 10.5 Å². The maximum absolute atomic E-state index is 13.0. The molecule has 0 fully saturated rings. The molecule has 3 heterocycles. The van der Waals surface area contributed by atoms with Crippen LogP contribution < -0.4 is 10.3 Å². The van der Waals surface area contributed by atoms with Crippen molar-refractivity contribution >= 4 is 16.8 Å². The van der Waals surface area contributed by atoms with Crippen molar-refractivity contribution in [3.63, 3.8) is 0 Å². The van der Waals surface area contributed by atoms with Crippen molar-refractivity contribution in [3.8, 4) is 11.8 Å². The van der Waals surface area contributed by atoms with Crippen molar-refractivity contribution in [2.75, 3.05) is 0 Å². The lowest BCUT2D eigenvalue weighted by Gasteiger charge is -2.29. The molecule has 2 atom stereocenters. The van der Waals surface area contributed by atoms with E-state index in [0.29, 0.717) is 28.4 Å². The summed E-state index contributed by atoms with van der Waals surface area (Å²) < 4.78 is 12.9. The van der Waals surface area contributed by atoms with Gasteiger partial charge in [0, 0.05) is 12.4 Å². The Balaban J connectivity index is 2.12. The third-order valence-electron chi connectivity index (χ3n) is 4.64. The van der Waals surface area contributed by atoms with Gasteiger partial charge in [0.2, 0.25) is 5.90 Å². The average molecular weight is 333 g/mol. The molecule has 0 radical (unpaired) electrons. The van der Waals surface area contributed by atoms with Gasteiger partial charge in [-0.2, -0.15) is 5.26 Å². The first-order chi connectivity index (χ1) is 12.0. The van der Waals surface area contributed by atoms with Gasteiger partial charge in [-0.15, -0.1) is 0 Å². The first kappa shape index (κ1) is 15.2. The van der Waals surface area contributed by atoms with Gasteiger partial charge < -0.3 is 13.7 Å². The number of hydrogen-bond donors (Lipinski definition) is 1. The molecule has 25 heavy (non-hydrogen) atoms. The van der Waals surface area contributed by atoms with E-state index in [9.17, 15) is 10.1 Å². The number of hydrogen-bond acceptors (Lipinski definition) is 5. The van der Waals surface area contributed by atoms with Gasteiger partial charge >= 0.3 is 0 Å². The van der Waals surface area contributed by atoms with Crippen LogP contribution in [0.25, 0.3) is 10.9 Å². The fourth-order valence-electron chi connectivity index (χ4n) is 3.43. The number of fused-ring (bicyclic) bond motifs is 3. The summed E-state index contributed by atoms with van der Waals surface area (Å²) in [7, 11) is 1.69. The SMILES string of the molecule is Cc1ccc(C2c3c(c4ccccc4n(C)c3=O)OC(=N)C2C#N)o1. The highest BCUT2D eigenvalue weighted by atomic mass is 16.5. The van der Waals surface area contributed by atoms with Gasteiger partial charge in [0.1, 0.15) is 23.2 Å². The average Bonchev–Trinajstić information content (AvgIpc) is 3.04. The Labute approximate surface area is 143 Å². The Bertz CT molecular complexity index is 1120. The van der Waals surface area contributed by atoms with Crippen molar-refractivity contribution in [2.45, 2.75) is 12.8 Å². The summed E-state index contributed by atoms with van der Waals surface area (Å²) in [6, 6.07) is 13.0. The molecule has 0 spiro atoms. The zero-order valence-electron chi connectivity index (χ0n) is 13.7. The molecular weight excluding hydrogens is 318 g/mol. The topological polar surface area (TPSA) is 92.0 Å². The number of para-hydroxylation sites is 1. The summed E-state index contributed by atoms with van der Waals surface area (Å²) in [5, 5.41) is 18.5. The second kappa shape index (κ2) is 5.35. The number of rotatable bonds is 1. The lowest BCUT2D eigenvalue weighted by atomic mass is 9.82. The van der Waals surface area contributed by atoms with E-state index in [0.717, 1.165) is 5.39 Å². The largest absolute Gasteiger partial charge is 0.466 e. The van der Waals surface area contributed by atoms with Crippen LogP contribution in [-0.2, 0) is 7.05 Å². The monoisotopic (exact) mass is 333 g/mol. The maximum atomic E-state index is 13.0. The molecule has 0 amide bonds. The van der Waals surface area contributed by atoms with Gasteiger partial charge in [0.15, 0.2) is 0 Å². The van der Waals surface area contributed by atoms with Crippen molar-refractivity contribution in [1.29, 1.82) is 10.7 Å². The van der Waals surface area contributed by atoms with E-state index in [-0.39, 0.29) is 11.5 Å². The van der Waals surface area contributed by atoms with Crippen LogP contribution in [0.3, 0.4) is 0 Å². The zero-order valence-corrected chi connectivity index (χ0v) is 13.7. The smallest absolute Gasteiger partial charge is 0.258 e. The quantitative estimate of drug-likeness (QED) is 0.740. The number of benzene rings is 1. The van der Waals surface area contributed by atoms with Gasteiger partial charge in [-0.1, -0.05) is 12.1 Å². The molecule has 6 nitrogen and oxygen atoms in total. The molecule has 2 aromatic heterocycles. The number of ether oxygens (including phenoxy) is 1. The number of aromatic nitrogens is 1. The predicted octanol–water partition coefficient (Wildman–Crippen LogP) is 3.08. The maximum Gasteiger partial charge on any atom is 0.258 e. The van der Waals surface area contributed by atoms with Crippen LogP contribution in [0.5, 0.6) is 5.75 Å². The third-order valence-corrected chi connectivity index (χ3v) is 4.64. The second-order valence-corrected chi connectivity index (χ2v) is 6.12. The first-order valence-corrected chi connectivity index (χ1v) is 7.86. The summed E-state index contributed by atoms with van der Waals surface area (Å²) in [6.45, 7) is 1.80. The van der Waals surface area contributed by atoms with E-state index in [2.05, 4.69) is 6.07 Å². The molecule has 2 unspecified atom stereocenters. The van der Waals surface area contributed by atoms with Gasteiger partial charge in [0.25, 0.3) is 5.56 Å². The Hall–Kier alpha value is -3.33. The highest BCUT2D eigenvalue weighted by molar-refractivity contribution is 5.94. The second-order valence-electron chi connectivity index (χ2n) is 6.12. The van der Waals surface area contributed by atoms with Crippen molar-refractivity contribution in [2.24, 2.45) is 13.0 Å². The molecule has 1 aliphatic heterocycles. The minimum absolute atomic E-state index is 0.174. The molecular formula is C19H15N3O3. The molecule has 0 saturated heterocycles. The lowest BCUT2D eigenvalue weighted by Crippen LogP contribution is -2.37. The van der Waals surface area contributed by atoms with Gasteiger partial charge in [-0.05, 0) is 31.2 Å². The molecule has 6 heteroatoms. The summed E-state index contributed by atoms with van der Waals surface area (Å²) in [5.74, 6) is -0.235. The van der Waals surface area contributed by atoms with Crippen LogP contribution in [0.2, 0.25) is 0 Å².